The number of carboxylic acid groups (broad SMARTS) is 1. The topological polar surface area (TPSA) is 75.8 Å². The Morgan fingerprint density at radius 3 is 2.93 bits per heavy atom. The van der Waals surface area contributed by atoms with E-state index in [9.17, 15) is 4.79 Å². The van der Waals surface area contributed by atoms with Crippen molar-refractivity contribution in [2.24, 2.45) is 5.73 Å². The molecule has 1 saturated heterocycles. The predicted octanol–water partition coefficient (Wildman–Crippen LogP) is -0.489. The average Bonchev–Trinajstić information content (AvgIpc) is 2.56. The molecule has 0 spiro atoms. The highest BCUT2D eigenvalue weighted by atomic mass is 16.5. The van der Waals surface area contributed by atoms with Crippen LogP contribution in [-0.2, 0) is 9.53 Å². The quantitative estimate of drug-likeness (QED) is 0.608. The summed E-state index contributed by atoms with van der Waals surface area (Å²) in [5, 5.41) is 8.66. The lowest BCUT2D eigenvalue weighted by Crippen LogP contribution is -2.39. The number of ether oxygens (including phenoxy) is 1. The summed E-state index contributed by atoms with van der Waals surface area (Å²) in [6.07, 6.45) is 2.30. The van der Waals surface area contributed by atoms with Gasteiger partial charge in [-0.2, -0.15) is 0 Å². The number of hydrogen-bond donors (Lipinski definition) is 2. The molecule has 0 aromatic carbocycles. The van der Waals surface area contributed by atoms with E-state index in [0.717, 1.165) is 19.4 Å². The van der Waals surface area contributed by atoms with E-state index in [0.29, 0.717) is 19.6 Å². The number of aliphatic carboxylic acids is 1. The molecular weight excluding hydrogens is 184 g/mol. The summed E-state index contributed by atoms with van der Waals surface area (Å²) < 4.78 is 5.44. The third-order valence-electron chi connectivity index (χ3n) is 2.29. The second kappa shape index (κ2) is 5.95. The first-order valence-corrected chi connectivity index (χ1v) is 4.98. The standard InChI is InChI=1S/C9H18N2O3/c10-3-4-11(7-9(12)13)6-8-2-1-5-14-8/h8H,1-7,10H2,(H,12,13). The van der Waals surface area contributed by atoms with Crippen LogP contribution in [-0.4, -0.2) is 54.9 Å². The lowest BCUT2D eigenvalue weighted by atomic mass is 10.2. The van der Waals surface area contributed by atoms with E-state index in [1.165, 1.54) is 0 Å². The van der Waals surface area contributed by atoms with Gasteiger partial charge in [0.05, 0.1) is 12.6 Å². The van der Waals surface area contributed by atoms with Crippen molar-refractivity contribution in [1.82, 2.24) is 4.90 Å². The molecule has 1 unspecified atom stereocenters. The molecular formula is C9H18N2O3. The molecule has 1 rings (SSSR count). The van der Waals surface area contributed by atoms with E-state index in [4.69, 9.17) is 15.6 Å². The van der Waals surface area contributed by atoms with Crippen LogP contribution >= 0.6 is 0 Å². The summed E-state index contributed by atoms with van der Waals surface area (Å²) >= 11 is 0. The maximum Gasteiger partial charge on any atom is 0.317 e. The SMILES string of the molecule is NCCN(CC(=O)O)CC1CCCO1. The Morgan fingerprint density at radius 2 is 2.43 bits per heavy atom. The van der Waals surface area contributed by atoms with Crippen LogP contribution in [0.3, 0.4) is 0 Å². The van der Waals surface area contributed by atoms with Gasteiger partial charge in [0.25, 0.3) is 0 Å². The fraction of sp³-hybridized carbons (Fsp3) is 0.889. The Kier molecular flexibility index (Phi) is 4.86. The molecule has 0 amide bonds. The van der Waals surface area contributed by atoms with Gasteiger partial charge in [-0.05, 0) is 12.8 Å². The number of carbonyl (C=O) groups is 1. The molecule has 5 heteroatoms. The Labute approximate surface area is 83.8 Å². The first-order valence-electron chi connectivity index (χ1n) is 4.98. The molecule has 5 nitrogen and oxygen atoms in total. The van der Waals surface area contributed by atoms with Crippen LogP contribution in [0.15, 0.2) is 0 Å². The van der Waals surface area contributed by atoms with Crippen molar-refractivity contribution in [2.75, 3.05) is 32.8 Å². The highest BCUT2D eigenvalue weighted by Crippen LogP contribution is 2.12. The molecule has 0 radical (unpaired) electrons. The fourth-order valence-electron chi connectivity index (χ4n) is 1.69. The minimum absolute atomic E-state index is 0.0526. The molecule has 14 heavy (non-hydrogen) atoms. The Morgan fingerprint density at radius 1 is 1.64 bits per heavy atom. The van der Waals surface area contributed by atoms with E-state index in [1.807, 2.05) is 4.90 Å². The zero-order valence-corrected chi connectivity index (χ0v) is 8.32. The molecule has 1 aliphatic heterocycles. The zero-order chi connectivity index (χ0) is 10.4. The summed E-state index contributed by atoms with van der Waals surface area (Å²) in [5.41, 5.74) is 5.40. The molecule has 1 atom stereocenters. The Balaban J connectivity index is 2.29. The molecule has 0 aromatic rings. The van der Waals surface area contributed by atoms with E-state index in [2.05, 4.69) is 0 Å². The van der Waals surface area contributed by atoms with Crippen LogP contribution in [0, 0.1) is 0 Å². The van der Waals surface area contributed by atoms with Crippen LogP contribution in [0.4, 0.5) is 0 Å². The van der Waals surface area contributed by atoms with E-state index >= 15 is 0 Å². The van der Waals surface area contributed by atoms with Gasteiger partial charge in [-0.1, -0.05) is 0 Å². The molecule has 82 valence electrons. The highest BCUT2D eigenvalue weighted by Gasteiger charge is 2.19. The van der Waals surface area contributed by atoms with Gasteiger partial charge in [0.2, 0.25) is 0 Å². The van der Waals surface area contributed by atoms with Crippen LogP contribution in [0.5, 0.6) is 0 Å². The number of nitrogens with zero attached hydrogens (tertiary/aromatic N) is 1. The molecule has 0 aliphatic carbocycles. The van der Waals surface area contributed by atoms with E-state index < -0.39 is 5.97 Å². The third kappa shape index (κ3) is 4.04. The van der Waals surface area contributed by atoms with Gasteiger partial charge in [0.1, 0.15) is 0 Å². The van der Waals surface area contributed by atoms with Crippen LogP contribution in [0.1, 0.15) is 12.8 Å². The minimum atomic E-state index is -0.809. The summed E-state index contributed by atoms with van der Waals surface area (Å²) in [7, 11) is 0. The number of carboxylic acids is 1. The van der Waals surface area contributed by atoms with Crippen molar-refractivity contribution in [3.05, 3.63) is 0 Å². The molecule has 3 N–H and O–H groups in total. The third-order valence-corrected chi connectivity index (χ3v) is 2.29. The van der Waals surface area contributed by atoms with Gasteiger partial charge in [-0.25, -0.2) is 0 Å². The number of rotatable bonds is 6. The highest BCUT2D eigenvalue weighted by molar-refractivity contribution is 5.69. The molecule has 0 saturated carbocycles. The summed E-state index contributed by atoms with van der Waals surface area (Å²) in [6.45, 7) is 2.64. The monoisotopic (exact) mass is 202 g/mol. The Hall–Kier alpha value is -0.650. The zero-order valence-electron chi connectivity index (χ0n) is 8.32. The number of nitrogens with two attached hydrogens (primary N) is 1. The molecule has 1 aliphatic rings. The summed E-state index contributed by atoms with van der Waals surface area (Å²) in [4.78, 5) is 12.4. The van der Waals surface area contributed by atoms with Crippen LogP contribution < -0.4 is 5.73 Å². The van der Waals surface area contributed by atoms with Crippen molar-refractivity contribution in [1.29, 1.82) is 0 Å². The largest absolute Gasteiger partial charge is 0.480 e. The van der Waals surface area contributed by atoms with Gasteiger partial charge < -0.3 is 15.6 Å². The van der Waals surface area contributed by atoms with Crippen LogP contribution in [0.25, 0.3) is 0 Å². The van der Waals surface area contributed by atoms with Crippen molar-refractivity contribution in [3.8, 4) is 0 Å². The van der Waals surface area contributed by atoms with Crippen molar-refractivity contribution >= 4 is 5.97 Å². The summed E-state index contributed by atoms with van der Waals surface area (Å²) in [6, 6.07) is 0. The first-order chi connectivity index (χ1) is 6.72. The normalized spacial score (nSPS) is 21.7. The molecule has 1 heterocycles. The lowest BCUT2D eigenvalue weighted by molar-refractivity contribution is -0.138. The number of hydrogen-bond acceptors (Lipinski definition) is 4. The summed E-state index contributed by atoms with van der Waals surface area (Å²) in [5.74, 6) is -0.809. The van der Waals surface area contributed by atoms with Gasteiger partial charge in [-0.3, -0.25) is 9.69 Å². The maximum atomic E-state index is 10.5. The second-order valence-electron chi connectivity index (χ2n) is 3.55. The molecule has 1 fully saturated rings. The van der Waals surface area contributed by atoms with Crippen molar-refractivity contribution in [2.45, 2.75) is 18.9 Å². The maximum absolute atomic E-state index is 10.5. The van der Waals surface area contributed by atoms with E-state index in [-0.39, 0.29) is 12.6 Å². The van der Waals surface area contributed by atoms with E-state index in [1.54, 1.807) is 0 Å². The van der Waals surface area contributed by atoms with Crippen molar-refractivity contribution < 1.29 is 14.6 Å². The fourth-order valence-corrected chi connectivity index (χ4v) is 1.69. The average molecular weight is 202 g/mol. The van der Waals surface area contributed by atoms with Crippen LogP contribution in [0.2, 0.25) is 0 Å². The minimum Gasteiger partial charge on any atom is -0.480 e. The first kappa shape index (κ1) is 11.4. The second-order valence-corrected chi connectivity index (χ2v) is 3.55. The Bertz CT molecular complexity index is 181. The van der Waals surface area contributed by atoms with Gasteiger partial charge in [0.15, 0.2) is 0 Å². The predicted molar refractivity (Wildman–Crippen MR) is 52.1 cm³/mol. The van der Waals surface area contributed by atoms with Crippen molar-refractivity contribution in [3.63, 3.8) is 0 Å². The van der Waals surface area contributed by atoms with Gasteiger partial charge >= 0.3 is 5.97 Å². The van der Waals surface area contributed by atoms with Gasteiger partial charge in [-0.15, -0.1) is 0 Å². The molecule has 0 bridgehead atoms. The smallest absolute Gasteiger partial charge is 0.317 e. The molecule has 0 aromatic heterocycles. The lowest BCUT2D eigenvalue weighted by Gasteiger charge is -2.22. The van der Waals surface area contributed by atoms with Gasteiger partial charge in [0, 0.05) is 26.2 Å².